The standard InChI is InChI=1S/C18H21Cl2N7/c19-14-6-5-13(15(20)11-14)12-21-25-16-22-17(26-7-1-2-8-26)24-18(23-16)27-9-3-4-10-27/h5-6,11-12H,1-4,7-10H2,(H,22,23,24,25)/b21-12+. The summed E-state index contributed by atoms with van der Waals surface area (Å²) < 4.78 is 0. The summed E-state index contributed by atoms with van der Waals surface area (Å²) in [5, 5.41) is 5.38. The first-order valence-corrected chi connectivity index (χ1v) is 9.95. The molecule has 27 heavy (non-hydrogen) atoms. The summed E-state index contributed by atoms with van der Waals surface area (Å²) in [6, 6.07) is 5.27. The van der Waals surface area contributed by atoms with Crippen LogP contribution < -0.4 is 15.2 Å². The van der Waals surface area contributed by atoms with E-state index in [1.807, 2.05) is 6.07 Å². The van der Waals surface area contributed by atoms with Crippen LogP contribution in [0.5, 0.6) is 0 Å². The second-order valence-electron chi connectivity index (χ2n) is 6.68. The lowest BCUT2D eigenvalue weighted by Crippen LogP contribution is -2.25. The molecule has 0 aliphatic carbocycles. The maximum absolute atomic E-state index is 6.18. The first-order chi connectivity index (χ1) is 13.2. The smallest absolute Gasteiger partial charge is 0.250 e. The number of nitrogens with zero attached hydrogens (tertiary/aromatic N) is 6. The predicted octanol–water partition coefficient (Wildman–Crippen LogP) is 3.82. The van der Waals surface area contributed by atoms with Crippen molar-refractivity contribution in [2.24, 2.45) is 5.10 Å². The van der Waals surface area contributed by atoms with Gasteiger partial charge in [0.15, 0.2) is 0 Å². The molecule has 0 spiro atoms. The number of rotatable bonds is 5. The summed E-state index contributed by atoms with van der Waals surface area (Å²) >= 11 is 12.1. The van der Waals surface area contributed by atoms with Crippen LogP contribution in [-0.4, -0.2) is 47.3 Å². The Kier molecular flexibility index (Phi) is 5.59. The fourth-order valence-corrected chi connectivity index (χ4v) is 3.74. The molecule has 2 fully saturated rings. The normalized spacial score (nSPS) is 17.3. The first kappa shape index (κ1) is 18.3. The Morgan fingerprint density at radius 2 is 1.48 bits per heavy atom. The van der Waals surface area contributed by atoms with Gasteiger partial charge in [-0.3, -0.25) is 0 Å². The predicted molar refractivity (Wildman–Crippen MR) is 110 cm³/mol. The van der Waals surface area contributed by atoms with Gasteiger partial charge in [0.2, 0.25) is 17.8 Å². The van der Waals surface area contributed by atoms with Gasteiger partial charge in [-0.1, -0.05) is 29.3 Å². The molecule has 0 amide bonds. The van der Waals surface area contributed by atoms with Crippen LogP contribution in [0.25, 0.3) is 0 Å². The molecule has 0 atom stereocenters. The number of hydrogen-bond donors (Lipinski definition) is 1. The molecule has 3 heterocycles. The van der Waals surface area contributed by atoms with E-state index in [0.29, 0.717) is 27.9 Å². The van der Waals surface area contributed by atoms with Gasteiger partial charge in [-0.2, -0.15) is 20.1 Å². The van der Waals surface area contributed by atoms with E-state index in [0.717, 1.165) is 31.7 Å². The number of aromatic nitrogens is 3. The second-order valence-corrected chi connectivity index (χ2v) is 7.53. The van der Waals surface area contributed by atoms with Crippen molar-refractivity contribution in [2.75, 3.05) is 41.4 Å². The van der Waals surface area contributed by atoms with E-state index in [-0.39, 0.29) is 0 Å². The molecule has 142 valence electrons. The molecule has 4 rings (SSSR count). The van der Waals surface area contributed by atoms with Crippen molar-refractivity contribution in [1.82, 2.24) is 15.0 Å². The highest BCUT2D eigenvalue weighted by atomic mass is 35.5. The molecular weight excluding hydrogens is 385 g/mol. The molecular formula is C18H21Cl2N7. The summed E-state index contributed by atoms with van der Waals surface area (Å²) in [5.74, 6) is 1.87. The zero-order valence-electron chi connectivity index (χ0n) is 14.9. The molecule has 2 aromatic rings. The average molecular weight is 406 g/mol. The van der Waals surface area contributed by atoms with Crippen molar-refractivity contribution in [1.29, 1.82) is 0 Å². The molecule has 1 aromatic heterocycles. The Morgan fingerprint density at radius 1 is 0.889 bits per heavy atom. The van der Waals surface area contributed by atoms with Crippen LogP contribution in [0.2, 0.25) is 10.0 Å². The summed E-state index contributed by atoms with van der Waals surface area (Å²) in [4.78, 5) is 18.2. The summed E-state index contributed by atoms with van der Waals surface area (Å²) in [7, 11) is 0. The average Bonchev–Trinajstić information content (AvgIpc) is 3.37. The number of nitrogens with one attached hydrogen (secondary N) is 1. The van der Waals surface area contributed by atoms with Crippen molar-refractivity contribution in [3.05, 3.63) is 33.8 Å². The lowest BCUT2D eigenvalue weighted by molar-refractivity contribution is 0.838. The van der Waals surface area contributed by atoms with Crippen LogP contribution in [0.3, 0.4) is 0 Å². The largest absolute Gasteiger partial charge is 0.341 e. The lowest BCUT2D eigenvalue weighted by atomic mass is 10.2. The summed E-state index contributed by atoms with van der Waals surface area (Å²) in [6.07, 6.45) is 6.30. The van der Waals surface area contributed by atoms with Crippen molar-refractivity contribution >= 4 is 47.3 Å². The van der Waals surface area contributed by atoms with E-state index in [1.54, 1.807) is 18.3 Å². The van der Waals surface area contributed by atoms with Gasteiger partial charge in [-0.25, -0.2) is 5.43 Å². The molecule has 7 nitrogen and oxygen atoms in total. The van der Waals surface area contributed by atoms with E-state index in [1.165, 1.54) is 25.7 Å². The number of anilines is 3. The molecule has 2 saturated heterocycles. The third-order valence-electron chi connectivity index (χ3n) is 4.72. The van der Waals surface area contributed by atoms with Gasteiger partial charge in [-0.15, -0.1) is 0 Å². The summed E-state index contributed by atoms with van der Waals surface area (Å²) in [6.45, 7) is 3.91. The Bertz CT molecular complexity index is 796. The minimum atomic E-state index is 0.440. The van der Waals surface area contributed by atoms with Gasteiger partial charge in [0.05, 0.1) is 11.2 Å². The van der Waals surface area contributed by atoms with Crippen molar-refractivity contribution in [2.45, 2.75) is 25.7 Å². The fraction of sp³-hybridized carbons (Fsp3) is 0.444. The number of benzene rings is 1. The fourth-order valence-electron chi connectivity index (χ4n) is 3.29. The molecule has 0 bridgehead atoms. The van der Waals surface area contributed by atoms with Crippen LogP contribution in [0.1, 0.15) is 31.2 Å². The Labute approximate surface area is 168 Å². The van der Waals surface area contributed by atoms with Crippen molar-refractivity contribution in [3.63, 3.8) is 0 Å². The third-order valence-corrected chi connectivity index (χ3v) is 5.28. The monoisotopic (exact) mass is 405 g/mol. The van der Waals surface area contributed by atoms with Crippen LogP contribution in [0.4, 0.5) is 17.8 Å². The van der Waals surface area contributed by atoms with Crippen LogP contribution in [0.15, 0.2) is 23.3 Å². The van der Waals surface area contributed by atoms with Gasteiger partial charge in [-0.05, 0) is 37.8 Å². The highest BCUT2D eigenvalue weighted by Gasteiger charge is 2.21. The van der Waals surface area contributed by atoms with E-state index in [9.17, 15) is 0 Å². The van der Waals surface area contributed by atoms with Crippen molar-refractivity contribution in [3.8, 4) is 0 Å². The van der Waals surface area contributed by atoms with Crippen molar-refractivity contribution < 1.29 is 0 Å². The van der Waals surface area contributed by atoms with Gasteiger partial charge in [0.1, 0.15) is 0 Å². The minimum absolute atomic E-state index is 0.440. The molecule has 0 radical (unpaired) electrons. The highest BCUT2D eigenvalue weighted by molar-refractivity contribution is 6.36. The second kappa shape index (κ2) is 8.27. The van der Waals surface area contributed by atoms with Gasteiger partial charge >= 0.3 is 0 Å². The lowest BCUT2D eigenvalue weighted by Gasteiger charge is -2.20. The quantitative estimate of drug-likeness (QED) is 0.601. The minimum Gasteiger partial charge on any atom is -0.341 e. The number of halogens is 2. The van der Waals surface area contributed by atoms with E-state index >= 15 is 0 Å². The summed E-state index contributed by atoms with van der Waals surface area (Å²) in [5.41, 5.74) is 3.69. The molecule has 9 heteroatoms. The Morgan fingerprint density at radius 3 is 2.04 bits per heavy atom. The molecule has 2 aliphatic rings. The maximum atomic E-state index is 6.18. The SMILES string of the molecule is Clc1ccc(/C=N/Nc2nc(N3CCCC3)nc(N3CCCC3)n2)c(Cl)c1. The van der Waals surface area contributed by atoms with Crippen LogP contribution >= 0.6 is 23.2 Å². The molecule has 0 saturated carbocycles. The van der Waals surface area contributed by atoms with E-state index in [2.05, 4.69) is 35.3 Å². The first-order valence-electron chi connectivity index (χ1n) is 9.19. The molecule has 2 aliphatic heterocycles. The molecule has 1 aromatic carbocycles. The zero-order chi connectivity index (χ0) is 18.6. The van der Waals surface area contributed by atoms with Gasteiger partial charge in [0.25, 0.3) is 0 Å². The number of hydrogen-bond acceptors (Lipinski definition) is 7. The van der Waals surface area contributed by atoms with Gasteiger partial charge in [0, 0.05) is 36.8 Å². The molecule has 0 unspecified atom stereocenters. The van der Waals surface area contributed by atoms with Crippen LogP contribution in [-0.2, 0) is 0 Å². The Hall–Kier alpha value is -2.12. The molecule has 1 N–H and O–H groups in total. The maximum Gasteiger partial charge on any atom is 0.250 e. The topological polar surface area (TPSA) is 69.5 Å². The van der Waals surface area contributed by atoms with Crippen LogP contribution in [0, 0.1) is 0 Å². The zero-order valence-corrected chi connectivity index (χ0v) is 16.4. The highest BCUT2D eigenvalue weighted by Crippen LogP contribution is 2.23. The Balaban J connectivity index is 1.55. The van der Waals surface area contributed by atoms with E-state index < -0.39 is 0 Å². The van der Waals surface area contributed by atoms with E-state index in [4.69, 9.17) is 23.2 Å². The number of hydrazone groups is 1. The van der Waals surface area contributed by atoms with Gasteiger partial charge < -0.3 is 9.80 Å². The third kappa shape index (κ3) is 4.42.